The van der Waals surface area contributed by atoms with Crippen molar-refractivity contribution in [1.29, 1.82) is 0 Å². The number of halogens is 2. The number of amides is 1. The zero-order valence-corrected chi connectivity index (χ0v) is 19.9. The van der Waals surface area contributed by atoms with Crippen molar-refractivity contribution in [3.05, 3.63) is 34.9 Å². The van der Waals surface area contributed by atoms with Crippen LogP contribution in [0.2, 0.25) is 0 Å². The van der Waals surface area contributed by atoms with Crippen LogP contribution in [0.5, 0.6) is 0 Å². The first-order valence-corrected chi connectivity index (χ1v) is 12.5. The molecule has 1 fully saturated rings. The third-order valence-electron chi connectivity index (χ3n) is 6.32. The summed E-state index contributed by atoms with van der Waals surface area (Å²) < 4.78 is 38.9. The number of hydrogen-bond donors (Lipinski definition) is 1. The van der Waals surface area contributed by atoms with Crippen molar-refractivity contribution in [2.45, 2.75) is 109 Å². The lowest BCUT2D eigenvalue weighted by Crippen LogP contribution is -2.34. The SMILES string of the molecule is CCCCCCCCCCc1ccc(CCCOC(=O)NC2CCC(OC=O)C2)c(F)c1F. The molecule has 0 radical (unpaired) electrons. The van der Waals surface area contributed by atoms with Gasteiger partial charge in [-0.3, -0.25) is 4.79 Å². The van der Waals surface area contributed by atoms with Crippen molar-refractivity contribution in [2.24, 2.45) is 0 Å². The second kappa shape index (κ2) is 15.6. The molecule has 186 valence electrons. The average molecular weight is 468 g/mol. The Morgan fingerprint density at radius 1 is 0.970 bits per heavy atom. The minimum Gasteiger partial charge on any atom is -0.465 e. The molecular formula is C26H39F2NO4. The van der Waals surface area contributed by atoms with E-state index in [0.29, 0.717) is 49.7 Å². The summed E-state index contributed by atoms with van der Waals surface area (Å²) in [6, 6.07) is 3.24. The summed E-state index contributed by atoms with van der Waals surface area (Å²) >= 11 is 0. The standard InChI is InChI=1S/C26H39F2NO4/c1-2-3-4-5-6-7-8-9-11-20-13-14-21(25(28)24(20)27)12-10-17-32-26(31)29-22-15-16-23(18-22)33-19-30/h13-14,19,22-23H,2-12,15-18H2,1H3,(H,29,31). The third-order valence-corrected chi connectivity index (χ3v) is 6.32. The van der Waals surface area contributed by atoms with Crippen LogP contribution in [-0.2, 0) is 27.1 Å². The molecule has 0 saturated heterocycles. The Morgan fingerprint density at radius 2 is 1.58 bits per heavy atom. The fraction of sp³-hybridized carbons (Fsp3) is 0.692. The number of unbranched alkanes of at least 4 members (excludes halogenated alkanes) is 7. The Hall–Kier alpha value is -2.18. The first-order chi connectivity index (χ1) is 16.0. The van der Waals surface area contributed by atoms with E-state index < -0.39 is 17.7 Å². The maximum Gasteiger partial charge on any atom is 0.407 e. The van der Waals surface area contributed by atoms with Gasteiger partial charge in [-0.1, -0.05) is 64.0 Å². The van der Waals surface area contributed by atoms with Crippen LogP contribution in [0.1, 0.15) is 95.1 Å². The molecule has 1 N–H and O–H groups in total. The van der Waals surface area contributed by atoms with E-state index >= 15 is 0 Å². The molecule has 1 saturated carbocycles. The number of alkyl carbamates (subject to hydrolysis) is 1. The lowest BCUT2D eigenvalue weighted by Gasteiger charge is -2.13. The van der Waals surface area contributed by atoms with Crippen LogP contribution in [0.4, 0.5) is 13.6 Å². The van der Waals surface area contributed by atoms with Gasteiger partial charge in [0, 0.05) is 12.5 Å². The lowest BCUT2D eigenvalue weighted by atomic mass is 10.0. The zero-order chi connectivity index (χ0) is 23.9. The van der Waals surface area contributed by atoms with E-state index in [4.69, 9.17) is 9.47 Å². The van der Waals surface area contributed by atoms with Crippen molar-refractivity contribution in [1.82, 2.24) is 5.32 Å². The molecule has 1 aromatic rings. The van der Waals surface area contributed by atoms with Gasteiger partial charge in [0.05, 0.1) is 6.61 Å². The minimum atomic E-state index is -0.788. The highest BCUT2D eigenvalue weighted by atomic mass is 19.2. The smallest absolute Gasteiger partial charge is 0.407 e. The zero-order valence-electron chi connectivity index (χ0n) is 19.9. The second-order valence-corrected chi connectivity index (χ2v) is 8.98. The van der Waals surface area contributed by atoms with Crippen LogP contribution in [0.15, 0.2) is 12.1 Å². The molecule has 33 heavy (non-hydrogen) atoms. The molecule has 0 heterocycles. The minimum absolute atomic E-state index is 0.0809. The first-order valence-electron chi connectivity index (χ1n) is 12.5. The molecule has 1 aliphatic rings. The summed E-state index contributed by atoms with van der Waals surface area (Å²) in [6.45, 7) is 2.75. The van der Waals surface area contributed by atoms with Crippen molar-refractivity contribution in [3.8, 4) is 0 Å². The van der Waals surface area contributed by atoms with Gasteiger partial charge in [0.25, 0.3) is 6.47 Å². The monoisotopic (exact) mass is 467 g/mol. The molecule has 7 heteroatoms. The Labute approximate surface area is 196 Å². The molecule has 1 aliphatic carbocycles. The van der Waals surface area contributed by atoms with Crippen LogP contribution < -0.4 is 5.32 Å². The van der Waals surface area contributed by atoms with Crippen LogP contribution in [-0.4, -0.2) is 31.3 Å². The molecule has 1 amide bonds. The number of carbonyl (C=O) groups is 2. The van der Waals surface area contributed by atoms with Crippen LogP contribution in [0.3, 0.4) is 0 Å². The van der Waals surface area contributed by atoms with Gasteiger partial charge >= 0.3 is 6.09 Å². The molecule has 2 rings (SSSR count). The van der Waals surface area contributed by atoms with E-state index in [2.05, 4.69) is 12.2 Å². The van der Waals surface area contributed by atoms with Gasteiger partial charge < -0.3 is 14.8 Å². The summed E-state index contributed by atoms with van der Waals surface area (Å²) in [5, 5.41) is 2.74. The fourth-order valence-corrected chi connectivity index (χ4v) is 4.37. The van der Waals surface area contributed by atoms with Crippen molar-refractivity contribution >= 4 is 12.6 Å². The molecule has 0 aromatic heterocycles. The van der Waals surface area contributed by atoms with Crippen molar-refractivity contribution in [2.75, 3.05) is 6.61 Å². The van der Waals surface area contributed by atoms with E-state index in [1.165, 1.54) is 32.1 Å². The highest BCUT2D eigenvalue weighted by Crippen LogP contribution is 2.22. The average Bonchev–Trinajstić information content (AvgIpc) is 3.24. The molecule has 0 aliphatic heterocycles. The Morgan fingerprint density at radius 3 is 2.21 bits per heavy atom. The molecule has 0 spiro atoms. The quantitative estimate of drug-likeness (QED) is 0.226. The highest BCUT2D eigenvalue weighted by molar-refractivity contribution is 5.67. The summed E-state index contributed by atoms with van der Waals surface area (Å²) in [5.41, 5.74) is 0.743. The van der Waals surface area contributed by atoms with Gasteiger partial charge in [-0.25, -0.2) is 13.6 Å². The molecule has 1 aromatic carbocycles. The third kappa shape index (κ3) is 10.1. The van der Waals surface area contributed by atoms with Gasteiger partial charge in [0.15, 0.2) is 11.6 Å². The van der Waals surface area contributed by atoms with E-state index in [1.807, 2.05) is 0 Å². The molecular weight excluding hydrogens is 428 g/mol. The van der Waals surface area contributed by atoms with Gasteiger partial charge in [-0.2, -0.15) is 0 Å². The Balaban J connectivity index is 1.62. The predicted octanol–water partition coefficient (Wildman–Crippen LogP) is 6.40. The Kier molecular flexibility index (Phi) is 12.8. The molecule has 5 nitrogen and oxygen atoms in total. The van der Waals surface area contributed by atoms with Crippen LogP contribution >= 0.6 is 0 Å². The number of rotatable bonds is 16. The van der Waals surface area contributed by atoms with Gasteiger partial charge in [-0.15, -0.1) is 0 Å². The normalized spacial score (nSPS) is 17.7. The van der Waals surface area contributed by atoms with Gasteiger partial charge in [0.2, 0.25) is 0 Å². The number of nitrogens with one attached hydrogen (secondary N) is 1. The van der Waals surface area contributed by atoms with E-state index in [-0.39, 0.29) is 18.8 Å². The number of hydrogen-bond acceptors (Lipinski definition) is 4. The summed E-state index contributed by atoms with van der Waals surface area (Å²) in [4.78, 5) is 22.2. The number of benzene rings is 1. The van der Waals surface area contributed by atoms with Crippen LogP contribution in [0.25, 0.3) is 0 Å². The van der Waals surface area contributed by atoms with Crippen LogP contribution in [0, 0.1) is 11.6 Å². The summed E-state index contributed by atoms with van der Waals surface area (Å²) in [7, 11) is 0. The Bertz CT molecular complexity index is 728. The van der Waals surface area contributed by atoms with Crippen molar-refractivity contribution in [3.63, 3.8) is 0 Å². The van der Waals surface area contributed by atoms with Crippen molar-refractivity contribution < 1.29 is 27.8 Å². The maximum atomic E-state index is 14.4. The lowest BCUT2D eigenvalue weighted by molar-refractivity contribution is -0.133. The fourth-order valence-electron chi connectivity index (χ4n) is 4.37. The molecule has 2 unspecified atom stereocenters. The topological polar surface area (TPSA) is 64.6 Å². The summed E-state index contributed by atoms with van der Waals surface area (Å²) in [6.07, 6.45) is 11.9. The first kappa shape index (κ1) is 27.1. The van der Waals surface area contributed by atoms with E-state index in [9.17, 15) is 18.4 Å². The molecule has 2 atom stereocenters. The second-order valence-electron chi connectivity index (χ2n) is 8.98. The largest absolute Gasteiger partial charge is 0.465 e. The number of ether oxygens (including phenoxy) is 2. The van der Waals surface area contributed by atoms with E-state index in [1.54, 1.807) is 12.1 Å². The van der Waals surface area contributed by atoms with Gasteiger partial charge in [-0.05, 0) is 49.7 Å². The summed E-state index contributed by atoms with van der Waals surface area (Å²) in [5.74, 6) is -1.54. The van der Waals surface area contributed by atoms with Gasteiger partial charge in [0.1, 0.15) is 6.10 Å². The van der Waals surface area contributed by atoms with E-state index in [0.717, 1.165) is 25.7 Å². The maximum absolute atomic E-state index is 14.4. The number of carbonyl (C=O) groups excluding carboxylic acids is 2. The number of aryl methyl sites for hydroxylation is 2. The highest BCUT2D eigenvalue weighted by Gasteiger charge is 2.27. The molecule has 0 bridgehead atoms. The predicted molar refractivity (Wildman–Crippen MR) is 124 cm³/mol.